The molecular weight excluding hydrogens is 168 g/mol. The maximum Gasteiger partial charge on any atom is 0.206 e. The number of aromatic nitrogens is 5. The van der Waals surface area contributed by atoms with Crippen LogP contribution in [0.25, 0.3) is 5.65 Å². The first-order valence-corrected chi connectivity index (χ1v) is 3.14. The monoisotopic (exact) mass is 170 g/mol. The Kier molecular flexibility index (Phi) is 1.16. The molecule has 0 aliphatic carbocycles. The first-order valence-electron chi connectivity index (χ1n) is 2.76. The zero-order valence-electron chi connectivity index (χ0n) is 5.27. The molecule has 2 aromatic rings. The van der Waals surface area contributed by atoms with E-state index < -0.39 is 0 Å². The summed E-state index contributed by atoms with van der Waals surface area (Å²) in [6, 6.07) is 0. The van der Waals surface area contributed by atoms with Crippen molar-refractivity contribution in [3.63, 3.8) is 0 Å². The molecule has 11 heavy (non-hydrogen) atoms. The molecule has 6 nitrogen and oxygen atoms in total. The second kappa shape index (κ2) is 2.03. The Balaban J connectivity index is 2.93. The van der Waals surface area contributed by atoms with Crippen molar-refractivity contribution in [2.75, 3.05) is 5.73 Å². The second-order valence-electron chi connectivity index (χ2n) is 1.90. The number of anilines is 1. The lowest BCUT2D eigenvalue weighted by Crippen LogP contribution is -1.96. The average Bonchev–Trinajstić information content (AvgIpc) is 2.45. The Morgan fingerprint density at radius 2 is 2.36 bits per heavy atom. The van der Waals surface area contributed by atoms with E-state index in [0.717, 1.165) is 0 Å². The fraction of sp³-hybridized carbons (Fsp3) is 0. The molecule has 0 amide bonds. The van der Waals surface area contributed by atoms with Gasteiger partial charge in [0.2, 0.25) is 5.65 Å². The molecule has 0 bridgehead atoms. The summed E-state index contributed by atoms with van der Waals surface area (Å²) in [5, 5.41) is 10.8. The van der Waals surface area contributed by atoms with Crippen molar-refractivity contribution in [3.8, 4) is 0 Å². The van der Waals surface area contributed by atoms with Crippen molar-refractivity contribution >= 4 is 22.9 Å². The van der Waals surface area contributed by atoms with E-state index in [9.17, 15) is 0 Å². The molecule has 2 heterocycles. The number of hydrogen-bond donors (Lipinski definition) is 1. The molecule has 0 spiro atoms. The largest absolute Gasteiger partial charge is 0.393 e. The minimum Gasteiger partial charge on any atom is -0.393 e. The highest BCUT2D eigenvalue weighted by Gasteiger charge is 2.05. The van der Waals surface area contributed by atoms with Crippen LogP contribution in [0.5, 0.6) is 0 Å². The zero-order chi connectivity index (χ0) is 7.84. The predicted octanol–water partition coefficient (Wildman–Crippen LogP) is -0.245. The molecule has 56 valence electrons. The highest BCUT2D eigenvalue weighted by molar-refractivity contribution is 6.32. The van der Waals surface area contributed by atoms with Gasteiger partial charge in [-0.3, -0.25) is 0 Å². The van der Waals surface area contributed by atoms with Gasteiger partial charge in [0.05, 0.1) is 0 Å². The van der Waals surface area contributed by atoms with Gasteiger partial charge in [-0.25, -0.2) is 4.98 Å². The number of tetrazole rings is 1. The molecule has 2 rings (SSSR count). The number of hydrogen-bond acceptors (Lipinski definition) is 5. The van der Waals surface area contributed by atoms with Gasteiger partial charge in [0, 0.05) is 0 Å². The van der Waals surface area contributed by atoms with Crippen LogP contribution in [0.15, 0.2) is 6.33 Å². The maximum absolute atomic E-state index is 5.60. The van der Waals surface area contributed by atoms with Crippen molar-refractivity contribution in [1.29, 1.82) is 0 Å². The third kappa shape index (κ3) is 0.795. The SMILES string of the molecule is Nc1c(Cl)ncn2nnnc12. The topological polar surface area (TPSA) is 82.0 Å². The average molecular weight is 171 g/mol. The van der Waals surface area contributed by atoms with Crippen molar-refractivity contribution in [2.24, 2.45) is 0 Å². The third-order valence-electron chi connectivity index (χ3n) is 1.24. The van der Waals surface area contributed by atoms with Crippen LogP contribution in [0.3, 0.4) is 0 Å². The molecular formula is C4H3ClN6. The van der Waals surface area contributed by atoms with Crippen LogP contribution >= 0.6 is 11.6 Å². The number of nitrogens with zero attached hydrogens (tertiary/aromatic N) is 5. The molecule has 0 saturated carbocycles. The van der Waals surface area contributed by atoms with E-state index in [1.807, 2.05) is 0 Å². The van der Waals surface area contributed by atoms with E-state index in [4.69, 9.17) is 17.3 Å². The first kappa shape index (κ1) is 6.29. The van der Waals surface area contributed by atoms with Crippen molar-refractivity contribution in [1.82, 2.24) is 25.0 Å². The highest BCUT2D eigenvalue weighted by atomic mass is 35.5. The van der Waals surface area contributed by atoms with E-state index in [1.165, 1.54) is 10.8 Å². The minimum atomic E-state index is 0.215. The van der Waals surface area contributed by atoms with Gasteiger partial charge in [0.15, 0.2) is 5.15 Å². The van der Waals surface area contributed by atoms with Crippen LogP contribution in [0.1, 0.15) is 0 Å². The van der Waals surface area contributed by atoms with E-state index in [-0.39, 0.29) is 5.15 Å². The van der Waals surface area contributed by atoms with Crippen LogP contribution in [0.4, 0.5) is 5.69 Å². The summed E-state index contributed by atoms with van der Waals surface area (Å²) in [5.41, 5.74) is 6.22. The van der Waals surface area contributed by atoms with Gasteiger partial charge in [-0.1, -0.05) is 11.6 Å². The summed E-state index contributed by atoms with van der Waals surface area (Å²) in [4.78, 5) is 3.74. The van der Waals surface area contributed by atoms with Gasteiger partial charge in [-0.2, -0.15) is 4.52 Å². The fourth-order valence-electron chi connectivity index (χ4n) is 0.716. The predicted molar refractivity (Wildman–Crippen MR) is 38.0 cm³/mol. The maximum atomic E-state index is 5.60. The first-order chi connectivity index (χ1) is 5.29. The van der Waals surface area contributed by atoms with Gasteiger partial charge < -0.3 is 5.73 Å². The Labute approximate surface area is 66.0 Å². The Morgan fingerprint density at radius 3 is 3.18 bits per heavy atom. The Morgan fingerprint density at radius 1 is 1.55 bits per heavy atom. The molecule has 0 aliphatic heterocycles. The summed E-state index contributed by atoms with van der Waals surface area (Å²) < 4.78 is 1.35. The van der Waals surface area contributed by atoms with Crippen LogP contribution in [-0.2, 0) is 0 Å². The number of fused-ring (bicyclic) bond motifs is 1. The molecule has 0 radical (unpaired) electrons. The number of nitrogen functional groups attached to an aromatic ring is 1. The third-order valence-corrected chi connectivity index (χ3v) is 1.54. The van der Waals surface area contributed by atoms with Crippen molar-refractivity contribution in [2.45, 2.75) is 0 Å². The molecule has 0 unspecified atom stereocenters. The molecule has 0 fully saturated rings. The lowest BCUT2D eigenvalue weighted by Gasteiger charge is -1.94. The normalized spacial score (nSPS) is 10.6. The van der Waals surface area contributed by atoms with Gasteiger partial charge in [0.1, 0.15) is 12.0 Å². The summed E-state index contributed by atoms with van der Waals surface area (Å²) in [7, 11) is 0. The molecule has 7 heteroatoms. The number of halogens is 1. The van der Waals surface area contributed by atoms with Crippen LogP contribution in [0, 0.1) is 0 Å². The summed E-state index contributed by atoms with van der Waals surface area (Å²) in [6.45, 7) is 0. The summed E-state index contributed by atoms with van der Waals surface area (Å²) in [5.74, 6) is 0. The number of nitrogens with two attached hydrogens (primary N) is 1. The molecule has 0 aromatic carbocycles. The van der Waals surface area contributed by atoms with Crippen LogP contribution in [-0.4, -0.2) is 25.0 Å². The standard InChI is InChI=1S/C4H3ClN6/c5-3-2(6)4-8-9-10-11(4)1-7-3/h1H,6H2. The Hall–Kier alpha value is -1.43. The lowest BCUT2D eigenvalue weighted by atomic mass is 10.5. The van der Waals surface area contributed by atoms with Gasteiger partial charge in [0.25, 0.3) is 0 Å². The summed E-state index contributed by atoms with van der Waals surface area (Å²) >= 11 is 5.60. The quantitative estimate of drug-likeness (QED) is 0.552. The highest BCUT2D eigenvalue weighted by Crippen LogP contribution is 2.17. The van der Waals surface area contributed by atoms with E-state index in [1.54, 1.807) is 0 Å². The molecule has 2 aromatic heterocycles. The zero-order valence-corrected chi connectivity index (χ0v) is 6.02. The van der Waals surface area contributed by atoms with Gasteiger partial charge in [-0.05, 0) is 10.4 Å². The van der Waals surface area contributed by atoms with Crippen LogP contribution < -0.4 is 5.73 Å². The smallest absolute Gasteiger partial charge is 0.206 e. The van der Waals surface area contributed by atoms with E-state index >= 15 is 0 Å². The van der Waals surface area contributed by atoms with Crippen molar-refractivity contribution < 1.29 is 0 Å². The van der Waals surface area contributed by atoms with Gasteiger partial charge >= 0.3 is 0 Å². The number of rotatable bonds is 0. The fourth-order valence-corrected chi connectivity index (χ4v) is 0.844. The Bertz CT molecular complexity index is 394. The van der Waals surface area contributed by atoms with E-state index in [2.05, 4.69) is 20.5 Å². The second-order valence-corrected chi connectivity index (χ2v) is 2.25. The van der Waals surface area contributed by atoms with Gasteiger partial charge in [-0.15, -0.1) is 5.10 Å². The molecule has 2 N–H and O–H groups in total. The minimum absolute atomic E-state index is 0.215. The van der Waals surface area contributed by atoms with Crippen molar-refractivity contribution in [3.05, 3.63) is 11.5 Å². The van der Waals surface area contributed by atoms with E-state index in [0.29, 0.717) is 11.3 Å². The lowest BCUT2D eigenvalue weighted by molar-refractivity contribution is 0.810. The van der Waals surface area contributed by atoms with Crippen LogP contribution in [0.2, 0.25) is 5.15 Å². The summed E-state index contributed by atoms with van der Waals surface area (Å²) in [6.07, 6.45) is 1.40. The molecule has 0 aliphatic rings. The molecule has 0 saturated heterocycles. The molecule has 0 atom stereocenters.